The van der Waals surface area contributed by atoms with E-state index in [-0.39, 0.29) is 14.3 Å². The molecule has 0 aromatic heterocycles. The molecule has 1 aromatic carbocycles. The second-order valence-corrected chi connectivity index (χ2v) is 28.5. The number of carbonyl (C=O) groups excluding carboxylic acids is 1. The normalized spacial score (nSPS) is 29.0. The molecular weight excluding hydrogens is 562 g/mol. The SMILES string of the molecule is O=C([S][Sn]([CH]1CCCCC1)([CH]1CCCCC1)[C]1(F)CCCC(F)(F)C1(F)F)c1ccccc1. The van der Waals surface area contributed by atoms with Gasteiger partial charge in [0, 0.05) is 0 Å². The van der Waals surface area contributed by atoms with E-state index in [9.17, 15) is 13.6 Å². The van der Waals surface area contributed by atoms with Gasteiger partial charge in [0.25, 0.3) is 0 Å². The summed E-state index contributed by atoms with van der Waals surface area (Å²) in [5.74, 6) is -9.10. The average molecular weight is 595 g/mol. The molecule has 3 aliphatic carbocycles. The van der Waals surface area contributed by atoms with Gasteiger partial charge in [-0.25, -0.2) is 0 Å². The number of hydrogen-bond acceptors (Lipinski definition) is 2. The molecule has 0 bridgehead atoms. The molecule has 0 heterocycles. The topological polar surface area (TPSA) is 17.1 Å². The van der Waals surface area contributed by atoms with Crippen LogP contribution in [0.5, 0.6) is 0 Å². The second-order valence-electron chi connectivity index (χ2n) is 10.2. The second kappa shape index (κ2) is 9.98. The number of rotatable bonds is 5. The van der Waals surface area contributed by atoms with E-state index in [0.29, 0.717) is 31.2 Å². The Morgan fingerprint density at radius 3 is 1.79 bits per heavy atom. The molecule has 3 fully saturated rings. The van der Waals surface area contributed by atoms with Crippen molar-refractivity contribution >= 4 is 31.1 Å². The Labute approximate surface area is 200 Å². The summed E-state index contributed by atoms with van der Waals surface area (Å²) in [4.78, 5) is 13.5. The Kier molecular flexibility index (Phi) is 7.79. The van der Waals surface area contributed by atoms with Crippen molar-refractivity contribution in [1.82, 2.24) is 0 Å². The summed E-state index contributed by atoms with van der Waals surface area (Å²) in [7, 11) is 0.849. The summed E-state index contributed by atoms with van der Waals surface area (Å²) in [6.07, 6.45) is 5.70. The standard InChI is InChI=1S/C7H6OS.C6H6F5.2C6H11.Sn/c8-7(9)6-4-2-1-3-5-6;7-4-2-1-3-5(8,9)6(4,10)11;2*1-2-4-6-5-3-1;/h1-5H,(H,8,9);1-3H2;2*1H,2-6H2;/q;;;;+1/p-1. The molecule has 4 rings (SSSR count). The van der Waals surface area contributed by atoms with Crippen LogP contribution in [0.25, 0.3) is 0 Å². The van der Waals surface area contributed by atoms with Gasteiger partial charge in [0.2, 0.25) is 0 Å². The predicted molar refractivity (Wildman–Crippen MR) is 125 cm³/mol. The van der Waals surface area contributed by atoms with Crippen LogP contribution in [0.1, 0.15) is 93.8 Å². The minimum atomic E-state index is -5.12. The van der Waals surface area contributed by atoms with Crippen LogP contribution >= 0.6 is 8.95 Å². The van der Waals surface area contributed by atoms with E-state index in [2.05, 4.69) is 0 Å². The van der Waals surface area contributed by atoms with Gasteiger partial charge in [-0.15, -0.1) is 0 Å². The molecular formula is C25H33F5OSSn. The van der Waals surface area contributed by atoms with Gasteiger partial charge in [-0.05, 0) is 0 Å². The van der Waals surface area contributed by atoms with Crippen LogP contribution in [0.3, 0.4) is 0 Å². The molecule has 3 aliphatic rings. The van der Waals surface area contributed by atoms with Crippen LogP contribution in [0.2, 0.25) is 7.87 Å². The maximum absolute atomic E-state index is 17.3. The number of hydrogen-bond donors (Lipinski definition) is 0. The third kappa shape index (κ3) is 4.40. The molecule has 0 saturated heterocycles. The first-order chi connectivity index (χ1) is 15.7. The predicted octanol–water partition coefficient (Wildman–Crippen LogP) is 8.88. The zero-order valence-corrected chi connectivity index (χ0v) is 22.6. The van der Waals surface area contributed by atoms with E-state index in [1.165, 1.54) is 0 Å². The average Bonchev–Trinajstić information content (AvgIpc) is 2.82. The van der Waals surface area contributed by atoms with E-state index in [1.54, 1.807) is 30.3 Å². The third-order valence-corrected chi connectivity index (χ3v) is 35.5. The van der Waals surface area contributed by atoms with Crippen molar-refractivity contribution in [2.75, 3.05) is 0 Å². The zero-order chi connectivity index (χ0) is 23.7. The fourth-order valence-electron chi connectivity index (χ4n) is 6.68. The van der Waals surface area contributed by atoms with E-state index in [1.807, 2.05) is 0 Å². The van der Waals surface area contributed by atoms with E-state index in [4.69, 9.17) is 0 Å². The zero-order valence-electron chi connectivity index (χ0n) is 18.9. The van der Waals surface area contributed by atoms with Crippen LogP contribution in [-0.4, -0.2) is 37.6 Å². The molecule has 33 heavy (non-hydrogen) atoms. The molecule has 3 saturated carbocycles. The van der Waals surface area contributed by atoms with Crippen molar-refractivity contribution < 1.29 is 26.7 Å². The minimum absolute atomic E-state index is 0.253. The molecule has 1 unspecified atom stereocenters. The van der Waals surface area contributed by atoms with Gasteiger partial charge in [0.15, 0.2) is 0 Å². The van der Waals surface area contributed by atoms with Gasteiger partial charge in [-0.3, -0.25) is 0 Å². The van der Waals surface area contributed by atoms with Crippen LogP contribution in [-0.2, 0) is 0 Å². The third-order valence-electron chi connectivity index (χ3n) is 8.28. The van der Waals surface area contributed by atoms with E-state index in [0.717, 1.165) is 47.5 Å². The number of benzene rings is 1. The Morgan fingerprint density at radius 2 is 1.27 bits per heavy atom. The van der Waals surface area contributed by atoms with Gasteiger partial charge < -0.3 is 0 Å². The number of halogens is 5. The summed E-state index contributed by atoms with van der Waals surface area (Å²) in [5.41, 5.74) is 0.352. The molecule has 0 spiro atoms. The quantitative estimate of drug-likeness (QED) is 0.250. The van der Waals surface area contributed by atoms with Crippen LogP contribution in [0.15, 0.2) is 30.3 Å². The summed E-state index contributed by atoms with van der Waals surface area (Å²) in [6.45, 7) is 0. The van der Waals surface area contributed by atoms with Gasteiger partial charge in [-0.2, -0.15) is 0 Å². The van der Waals surface area contributed by atoms with Gasteiger partial charge >= 0.3 is 201 Å². The number of carbonyl (C=O) groups is 1. The summed E-state index contributed by atoms with van der Waals surface area (Å²) in [6, 6.07) is 8.38. The Hall–Kier alpha value is -0.311. The maximum atomic E-state index is 17.3. The van der Waals surface area contributed by atoms with Crippen molar-refractivity contribution in [3.8, 4) is 0 Å². The van der Waals surface area contributed by atoms with Crippen molar-refractivity contribution in [2.24, 2.45) is 0 Å². The molecule has 1 nitrogen and oxygen atoms in total. The van der Waals surface area contributed by atoms with Crippen LogP contribution < -0.4 is 0 Å². The first-order valence-electron chi connectivity index (χ1n) is 12.4. The van der Waals surface area contributed by atoms with E-state index < -0.39 is 50.5 Å². The molecule has 0 N–H and O–H groups in total. The molecule has 8 heteroatoms. The monoisotopic (exact) mass is 596 g/mol. The van der Waals surface area contributed by atoms with Crippen molar-refractivity contribution in [3.05, 3.63) is 35.9 Å². The molecule has 0 aliphatic heterocycles. The summed E-state index contributed by atoms with van der Waals surface area (Å²) < 4.78 is 74.3. The van der Waals surface area contributed by atoms with E-state index >= 15 is 13.2 Å². The molecule has 1 aromatic rings. The van der Waals surface area contributed by atoms with Crippen molar-refractivity contribution in [2.45, 2.75) is 107 Å². The van der Waals surface area contributed by atoms with Crippen molar-refractivity contribution in [3.63, 3.8) is 0 Å². The first kappa shape index (κ1) is 25.8. The molecule has 0 radical (unpaired) electrons. The fourth-order valence-corrected chi connectivity index (χ4v) is 36.7. The van der Waals surface area contributed by atoms with Gasteiger partial charge in [0.1, 0.15) is 0 Å². The summed E-state index contributed by atoms with van der Waals surface area (Å²) in [5, 5.41) is -0.399. The van der Waals surface area contributed by atoms with Gasteiger partial charge in [-0.1, -0.05) is 0 Å². The first-order valence-corrected chi connectivity index (χ1v) is 21.4. The molecule has 184 valence electrons. The molecule has 0 amide bonds. The van der Waals surface area contributed by atoms with Gasteiger partial charge in [0.05, 0.1) is 0 Å². The molecule has 1 atom stereocenters. The Bertz CT molecular complexity index is 805. The Morgan fingerprint density at radius 1 is 0.758 bits per heavy atom. The Balaban J connectivity index is 1.89. The summed E-state index contributed by atoms with van der Waals surface area (Å²) >= 11 is -5.12. The number of alkyl halides is 5. The van der Waals surface area contributed by atoms with Crippen molar-refractivity contribution in [1.29, 1.82) is 0 Å². The fraction of sp³-hybridized carbons (Fsp3) is 0.720. The van der Waals surface area contributed by atoms with Crippen LogP contribution in [0, 0.1) is 0 Å². The van der Waals surface area contributed by atoms with Crippen LogP contribution in [0.4, 0.5) is 22.0 Å².